The molecular formula is C18H23ClN4O2. The number of nitrogens with two attached hydrogens (primary N) is 1. The highest BCUT2D eigenvalue weighted by Gasteiger charge is 2.22. The van der Waals surface area contributed by atoms with Crippen LogP contribution in [0.5, 0.6) is 11.5 Å². The Balaban J connectivity index is 2.72. The second-order valence-electron chi connectivity index (χ2n) is 5.52. The summed E-state index contributed by atoms with van der Waals surface area (Å²) in [5, 5.41) is 8.37. The fourth-order valence-electron chi connectivity index (χ4n) is 2.65. The van der Waals surface area contributed by atoms with Gasteiger partial charge in [-0.15, -0.1) is 0 Å². The van der Waals surface area contributed by atoms with Crippen LogP contribution in [0.15, 0.2) is 12.3 Å². The predicted molar refractivity (Wildman–Crippen MR) is 101 cm³/mol. The van der Waals surface area contributed by atoms with E-state index in [0.29, 0.717) is 45.6 Å². The highest BCUT2D eigenvalue weighted by molar-refractivity contribution is 6.35. The lowest BCUT2D eigenvalue weighted by molar-refractivity contribution is 0.391. The molecule has 25 heavy (non-hydrogen) atoms. The van der Waals surface area contributed by atoms with Crippen LogP contribution in [0.25, 0.3) is 11.4 Å². The van der Waals surface area contributed by atoms with Crippen LogP contribution in [-0.2, 0) is 6.42 Å². The molecule has 0 aliphatic heterocycles. The molecule has 0 aliphatic rings. The maximum atomic E-state index is 7.95. The topological polar surface area (TPSA) is 94.1 Å². The largest absolute Gasteiger partial charge is 0.496 e. The van der Waals surface area contributed by atoms with E-state index >= 15 is 0 Å². The van der Waals surface area contributed by atoms with Gasteiger partial charge in [0, 0.05) is 29.1 Å². The van der Waals surface area contributed by atoms with Crippen molar-refractivity contribution >= 4 is 23.1 Å². The number of methoxy groups -OCH3 is 2. The Hall–Kier alpha value is -2.34. The fourth-order valence-corrected chi connectivity index (χ4v) is 2.98. The smallest absolute Gasteiger partial charge is 0.163 e. The maximum absolute atomic E-state index is 7.95. The summed E-state index contributed by atoms with van der Waals surface area (Å²) in [5.74, 6) is 1.82. The summed E-state index contributed by atoms with van der Waals surface area (Å²) >= 11 is 6.55. The van der Waals surface area contributed by atoms with Gasteiger partial charge in [-0.3, -0.25) is 0 Å². The number of aromatic nitrogens is 2. The van der Waals surface area contributed by atoms with E-state index in [9.17, 15) is 0 Å². The zero-order valence-corrected chi connectivity index (χ0v) is 15.7. The van der Waals surface area contributed by atoms with Gasteiger partial charge in [0.1, 0.15) is 17.3 Å². The number of nitrogens with zero attached hydrogens (tertiary/aromatic N) is 2. The Kier molecular flexibility index (Phi) is 6.20. The van der Waals surface area contributed by atoms with Gasteiger partial charge in [0.25, 0.3) is 0 Å². The lowest BCUT2D eigenvalue weighted by atomic mass is 10.00. The standard InChI is InChI=1S/C18H23ClN4O2/c1-5-7-10-13(24-3)8-14(25-4)16(19)15(10)18-22-9-11(12(20)6-2)17(21)23-18/h8-9,20H,5-7H2,1-4H3,(H2,21,22,23). The zero-order valence-electron chi connectivity index (χ0n) is 14.9. The van der Waals surface area contributed by atoms with Gasteiger partial charge in [-0.25, -0.2) is 9.97 Å². The predicted octanol–water partition coefficient (Wildman–Crippen LogP) is 4.13. The van der Waals surface area contributed by atoms with Crippen molar-refractivity contribution in [1.29, 1.82) is 5.41 Å². The van der Waals surface area contributed by atoms with Crippen molar-refractivity contribution in [2.75, 3.05) is 20.0 Å². The molecule has 6 nitrogen and oxygen atoms in total. The number of rotatable bonds is 7. The molecular weight excluding hydrogens is 340 g/mol. The van der Waals surface area contributed by atoms with E-state index in [4.69, 9.17) is 32.2 Å². The number of halogens is 1. The van der Waals surface area contributed by atoms with Crippen molar-refractivity contribution in [2.24, 2.45) is 0 Å². The molecule has 134 valence electrons. The molecule has 0 bridgehead atoms. The van der Waals surface area contributed by atoms with Gasteiger partial charge in [0.15, 0.2) is 5.82 Å². The second-order valence-corrected chi connectivity index (χ2v) is 5.90. The van der Waals surface area contributed by atoms with Crippen molar-refractivity contribution < 1.29 is 9.47 Å². The first kappa shape index (κ1) is 19.0. The summed E-state index contributed by atoms with van der Waals surface area (Å²) in [7, 11) is 3.15. The number of nitrogens with one attached hydrogen (secondary N) is 1. The molecule has 0 aliphatic carbocycles. The molecule has 3 N–H and O–H groups in total. The molecule has 0 saturated carbocycles. The molecule has 2 rings (SSSR count). The first-order valence-electron chi connectivity index (χ1n) is 8.12. The minimum atomic E-state index is 0.261. The molecule has 0 fully saturated rings. The molecule has 0 radical (unpaired) electrons. The number of nitrogen functional groups attached to an aromatic ring is 1. The van der Waals surface area contributed by atoms with Crippen LogP contribution in [0.3, 0.4) is 0 Å². The van der Waals surface area contributed by atoms with Gasteiger partial charge < -0.3 is 20.6 Å². The lowest BCUT2D eigenvalue weighted by Gasteiger charge is -2.17. The van der Waals surface area contributed by atoms with E-state index in [-0.39, 0.29) is 5.82 Å². The van der Waals surface area contributed by atoms with Gasteiger partial charge >= 0.3 is 0 Å². The van der Waals surface area contributed by atoms with Crippen molar-refractivity contribution in [3.8, 4) is 22.9 Å². The van der Waals surface area contributed by atoms with Crippen molar-refractivity contribution in [3.63, 3.8) is 0 Å². The van der Waals surface area contributed by atoms with E-state index in [2.05, 4.69) is 16.9 Å². The Morgan fingerprint density at radius 3 is 2.44 bits per heavy atom. The zero-order chi connectivity index (χ0) is 18.6. The normalized spacial score (nSPS) is 10.6. The van der Waals surface area contributed by atoms with Gasteiger partial charge in [0.05, 0.1) is 24.8 Å². The number of hydrogen-bond acceptors (Lipinski definition) is 6. The van der Waals surface area contributed by atoms with Crippen molar-refractivity contribution in [3.05, 3.63) is 28.4 Å². The lowest BCUT2D eigenvalue weighted by Crippen LogP contribution is -2.08. The summed E-state index contributed by atoms with van der Waals surface area (Å²) in [6.45, 7) is 3.96. The fraction of sp³-hybridized carbons (Fsp3) is 0.389. The molecule has 7 heteroatoms. The summed E-state index contributed by atoms with van der Waals surface area (Å²) in [6, 6.07) is 1.77. The number of hydrogen-bond donors (Lipinski definition) is 2. The Morgan fingerprint density at radius 2 is 1.92 bits per heavy atom. The third kappa shape index (κ3) is 3.69. The molecule has 0 atom stereocenters. The third-order valence-corrected chi connectivity index (χ3v) is 4.33. The molecule has 1 heterocycles. The van der Waals surface area contributed by atoms with Crippen LogP contribution in [0, 0.1) is 5.41 Å². The summed E-state index contributed by atoms with van der Waals surface area (Å²) in [4.78, 5) is 8.80. The molecule has 0 spiro atoms. The van der Waals surface area contributed by atoms with Crippen molar-refractivity contribution in [1.82, 2.24) is 9.97 Å². The highest BCUT2D eigenvalue weighted by Crippen LogP contribution is 2.42. The van der Waals surface area contributed by atoms with E-state index in [0.717, 1.165) is 18.4 Å². The molecule has 0 saturated heterocycles. The Morgan fingerprint density at radius 1 is 1.24 bits per heavy atom. The SMILES string of the molecule is CCCc1c(OC)cc(OC)c(Cl)c1-c1ncc(C(=N)CC)c(N)n1. The second kappa shape index (κ2) is 8.16. The van der Waals surface area contributed by atoms with Crippen molar-refractivity contribution in [2.45, 2.75) is 33.1 Å². The van der Waals surface area contributed by atoms with Gasteiger partial charge in [0.2, 0.25) is 0 Å². The number of anilines is 1. The summed E-state index contributed by atoms with van der Waals surface area (Å²) in [6.07, 6.45) is 3.78. The average molecular weight is 363 g/mol. The van der Waals surface area contributed by atoms with Crippen LogP contribution in [0.1, 0.15) is 37.8 Å². The van der Waals surface area contributed by atoms with Gasteiger partial charge in [-0.1, -0.05) is 31.9 Å². The van der Waals surface area contributed by atoms with Crippen LogP contribution < -0.4 is 15.2 Å². The Bertz CT molecular complexity index is 793. The average Bonchev–Trinajstić information content (AvgIpc) is 2.61. The van der Waals surface area contributed by atoms with Crippen LogP contribution in [0.4, 0.5) is 5.82 Å². The third-order valence-electron chi connectivity index (χ3n) is 3.96. The van der Waals surface area contributed by atoms with E-state index in [1.807, 2.05) is 6.92 Å². The quantitative estimate of drug-likeness (QED) is 0.722. The van der Waals surface area contributed by atoms with E-state index in [1.165, 1.54) is 0 Å². The van der Waals surface area contributed by atoms with E-state index in [1.54, 1.807) is 26.5 Å². The first-order chi connectivity index (χ1) is 12.0. The molecule has 0 unspecified atom stereocenters. The minimum absolute atomic E-state index is 0.261. The molecule has 1 aromatic carbocycles. The van der Waals surface area contributed by atoms with Crippen LogP contribution >= 0.6 is 11.6 Å². The van der Waals surface area contributed by atoms with Crippen LogP contribution in [-0.4, -0.2) is 29.9 Å². The Labute approximate surface area is 152 Å². The van der Waals surface area contributed by atoms with Gasteiger partial charge in [-0.05, 0) is 12.8 Å². The van der Waals surface area contributed by atoms with Gasteiger partial charge in [-0.2, -0.15) is 0 Å². The summed E-state index contributed by atoms with van der Waals surface area (Å²) < 4.78 is 10.9. The number of ether oxygens (including phenoxy) is 2. The van der Waals surface area contributed by atoms with Crippen LogP contribution in [0.2, 0.25) is 5.02 Å². The van der Waals surface area contributed by atoms with E-state index < -0.39 is 0 Å². The number of benzene rings is 1. The highest BCUT2D eigenvalue weighted by atomic mass is 35.5. The maximum Gasteiger partial charge on any atom is 0.163 e. The monoisotopic (exact) mass is 362 g/mol. The molecule has 1 aromatic heterocycles. The minimum Gasteiger partial charge on any atom is -0.496 e. The molecule has 0 amide bonds. The first-order valence-corrected chi connectivity index (χ1v) is 8.50. The molecule has 2 aromatic rings. The summed E-state index contributed by atoms with van der Waals surface area (Å²) in [5.41, 5.74) is 8.55.